The smallest absolute Gasteiger partial charge is 0.164 e. The number of hydrazine groups is 1. The number of halogens is 2. The van der Waals surface area contributed by atoms with Crippen molar-refractivity contribution in [2.45, 2.75) is 19.4 Å². The first-order chi connectivity index (χ1) is 10.1. The zero-order valence-electron chi connectivity index (χ0n) is 11.6. The number of aryl methyl sites for hydroxylation is 1. The van der Waals surface area contributed by atoms with Crippen molar-refractivity contribution in [3.05, 3.63) is 64.2 Å². The maximum Gasteiger partial charge on any atom is 0.164 e. The molecule has 110 valence electrons. The number of hydrogen-bond acceptors (Lipinski definition) is 3. The fourth-order valence-electron chi connectivity index (χ4n) is 2.64. The summed E-state index contributed by atoms with van der Waals surface area (Å²) in [4.78, 5) is 0. The molecule has 1 atom stereocenters. The van der Waals surface area contributed by atoms with Gasteiger partial charge < -0.3 is 4.74 Å². The zero-order chi connectivity index (χ0) is 15.0. The Balaban J connectivity index is 2.05. The first-order valence-electron chi connectivity index (χ1n) is 6.78. The second-order valence-electron chi connectivity index (χ2n) is 5.16. The maximum atomic E-state index is 14.2. The Morgan fingerprint density at radius 1 is 1.19 bits per heavy atom. The van der Waals surface area contributed by atoms with Crippen LogP contribution in [0.4, 0.5) is 8.78 Å². The lowest BCUT2D eigenvalue weighted by atomic mass is 9.95. The lowest BCUT2D eigenvalue weighted by molar-refractivity contribution is 0.356. The van der Waals surface area contributed by atoms with Crippen molar-refractivity contribution in [1.29, 1.82) is 0 Å². The molecule has 3 nitrogen and oxygen atoms in total. The van der Waals surface area contributed by atoms with Crippen LogP contribution < -0.4 is 16.0 Å². The Bertz CT molecular complexity index is 688. The van der Waals surface area contributed by atoms with Crippen LogP contribution in [-0.4, -0.2) is 6.61 Å². The minimum atomic E-state index is -0.866. The van der Waals surface area contributed by atoms with Crippen LogP contribution in [0.3, 0.4) is 0 Å². The highest BCUT2D eigenvalue weighted by molar-refractivity contribution is 5.44. The Kier molecular flexibility index (Phi) is 3.61. The molecule has 21 heavy (non-hydrogen) atoms. The van der Waals surface area contributed by atoms with Gasteiger partial charge in [-0.15, -0.1) is 0 Å². The third kappa shape index (κ3) is 2.39. The highest BCUT2D eigenvalue weighted by atomic mass is 19.2. The van der Waals surface area contributed by atoms with E-state index in [-0.39, 0.29) is 11.1 Å². The lowest BCUT2D eigenvalue weighted by Gasteiger charge is -2.19. The molecule has 0 saturated carbocycles. The van der Waals surface area contributed by atoms with E-state index in [0.29, 0.717) is 6.61 Å². The molecular weight excluding hydrogens is 274 g/mol. The van der Waals surface area contributed by atoms with Crippen molar-refractivity contribution in [1.82, 2.24) is 5.43 Å². The van der Waals surface area contributed by atoms with Gasteiger partial charge in [-0.1, -0.05) is 24.3 Å². The van der Waals surface area contributed by atoms with Crippen LogP contribution in [-0.2, 0) is 6.42 Å². The third-order valence-corrected chi connectivity index (χ3v) is 3.83. The fraction of sp³-hybridized carbons (Fsp3) is 0.250. The van der Waals surface area contributed by atoms with Crippen LogP contribution in [0.1, 0.15) is 28.3 Å². The summed E-state index contributed by atoms with van der Waals surface area (Å²) in [5.41, 5.74) is 4.87. The van der Waals surface area contributed by atoms with E-state index in [2.05, 4.69) is 5.43 Å². The predicted molar refractivity (Wildman–Crippen MR) is 75.9 cm³/mol. The molecule has 0 amide bonds. The second kappa shape index (κ2) is 5.42. The molecule has 1 unspecified atom stereocenters. The van der Waals surface area contributed by atoms with Crippen molar-refractivity contribution < 1.29 is 13.5 Å². The van der Waals surface area contributed by atoms with Gasteiger partial charge in [-0.2, -0.15) is 0 Å². The van der Waals surface area contributed by atoms with Gasteiger partial charge in [0.1, 0.15) is 5.75 Å². The van der Waals surface area contributed by atoms with Gasteiger partial charge in [-0.25, -0.2) is 14.2 Å². The summed E-state index contributed by atoms with van der Waals surface area (Å²) in [5.74, 6) is 4.70. The third-order valence-electron chi connectivity index (χ3n) is 3.83. The van der Waals surface area contributed by atoms with Gasteiger partial charge in [-0.05, 0) is 29.7 Å². The topological polar surface area (TPSA) is 47.3 Å². The van der Waals surface area contributed by atoms with E-state index in [1.54, 1.807) is 12.1 Å². The summed E-state index contributed by atoms with van der Waals surface area (Å²) in [7, 11) is 0. The van der Waals surface area contributed by atoms with Gasteiger partial charge in [0.05, 0.1) is 12.6 Å². The summed E-state index contributed by atoms with van der Waals surface area (Å²) in [6.07, 6.45) is 0.811. The number of nitrogens with two attached hydrogens (primary N) is 1. The second-order valence-corrected chi connectivity index (χ2v) is 5.16. The van der Waals surface area contributed by atoms with E-state index in [4.69, 9.17) is 10.6 Å². The predicted octanol–water partition coefficient (Wildman–Crippen LogP) is 2.76. The largest absolute Gasteiger partial charge is 0.493 e. The summed E-state index contributed by atoms with van der Waals surface area (Å²) < 4.78 is 33.4. The molecule has 1 aliphatic rings. The molecule has 0 fully saturated rings. The summed E-state index contributed by atoms with van der Waals surface area (Å²) in [5, 5.41) is 0. The van der Waals surface area contributed by atoms with Crippen LogP contribution >= 0.6 is 0 Å². The number of rotatable bonds is 3. The Hall–Kier alpha value is -1.98. The highest BCUT2D eigenvalue weighted by Gasteiger charge is 2.22. The highest BCUT2D eigenvalue weighted by Crippen LogP contribution is 2.32. The Morgan fingerprint density at radius 3 is 2.76 bits per heavy atom. The molecule has 0 bridgehead atoms. The molecule has 5 heteroatoms. The van der Waals surface area contributed by atoms with Gasteiger partial charge in [0.15, 0.2) is 11.6 Å². The van der Waals surface area contributed by atoms with E-state index >= 15 is 0 Å². The quantitative estimate of drug-likeness (QED) is 0.675. The van der Waals surface area contributed by atoms with Gasteiger partial charge in [0.25, 0.3) is 0 Å². The molecule has 3 N–H and O–H groups in total. The standard InChI is InChI=1S/C16H16F2N2O/c1-9-2-4-12(15(18)14(9)17)16(20-19)11-3-5-13-10(8-11)6-7-21-13/h2-5,8,16,20H,6-7,19H2,1H3. The number of ether oxygens (including phenoxy) is 1. The fourth-order valence-corrected chi connectivity index (χ4v) is 2.64. The van der Waals surface area contributed by atoms with E-state index in [1.165, 1.54) is 6.92 Å². The van der Waals surface area contributed by atoms with Crippen LogP contribution in [0.2, 0.25) is 0 Å². The Morgan fingerprint density at radius 2 is 2.00 bits per heavy atom. The van der Waals surface area contributed by atoms with Crippen LogP contribution in [0, 0.1) is 18.6 Å². The minimum Gasteiger partial charge on any atom is -0.493 e. The molecule has 0 aromatic heterocycles. The molecule has 0 radical (unpaired) electrons. The van der Waals surface area contributed by atoms with Crippen molar-refractivity contribution >= 4 is 0 Å². The Labute approximate surface area is 121 Å². The molecule has 2 aromatic carbocycles. The molecule has 1 aliphatic heterocycles. The van der Waals surface area contributed by atoms with E-state index < -0.39 is 17.7 Å². The summed E-state index contributed by atoms with van der Waals surface area (Å²) in [6.45, 7) is 2.17. The van der Waals surface area contributed by atoms with Gasteiger partial charge in [0.2, 0.25) is 0 Å². The van der Waals surface area contributed by atoms with Crippen LogP contribution in [0.25, 0.3) is 0 Å². The number of hydrogen-bond donors (Lipinski definition) is 2. The maximum absolute atomic E-state index is 14.2. The lowest BCUT2D eigenvalue weighted by Crippen LogP contribution is -2.30. The van der Waals surface area contributed by atoms with E-state index in [1.807, 2.05) is 18.2 Å². The van der Waals surface area contributed by atoms with E-state index in [9.17, 15) is 8.78 Å². The average molecular weight is 290 g/mol. The van der Waals surface area contributed by atoms with Gasteiger partial charge in [0, 0.05) is 12.0 Å². The normalized spacial score (nSPS) is 14.7. The van der Waals surface area contributed by atoms with Gasteiger partial charge in [-0.3, -0.25) is 5.84 Å². The van der Waals surface area contributed by atoms with Crippen molar-refractivity contribution in [2.24, 2.45) is 5.84 Å². The van der Waals surface area contributed by atoms with E-state index in [0.717, 1.165) is 23.3 Å². The summed E-state index contributed by atoms with van der Waals surface area (Å²) in [6, 6.07) is 8.07. The van der Waals surface area contributed by atoms with Crippen molar-refractivity contribution in [2.75, 3.05) is 6.61 Å². The average Bonchev–Trinajstić information content (AvgIpc) is 2.95. The molecular formula is C16H16F2N2O. The monoisotopic (exact) mass is 290 g/mol. The number of benzene rings is 2. The molecule has 0 aliphatic carbocycles. The first kappa shape index (κ1) is 14.0. The van der Waals surface area contributed by atoms with Crippen molar-refractivity contribution in [3.8, 4) is 5.75 Å². The molecule has 2 aromatic rings. The SMILES string of the molecule is Cc1ccc(C(NN)c2ccc3c(c2)CCO3)c(F)c1F. The molecule has 0 saturated heterocycles. The minimum absolute atomic E-state index is 0.194. The molecule has 3 rings (SSSR count). The van der Waals surface area contributed by atoms with Crippen molar-refractivity contribution in [3.63, 3.8) is 0 Å². The molecule has 1 heterocycles. The zero-order valence-corrected chi connectivity index (χ0v) is 11.6. The van der Waals surface area contributed by atoms with Gasteiger partial charge >= 0.3 is 0 Å². The van der Waals surface area contributed by atoms with Crippen LogP contribution in [0.5, 0.6) is 5.75 Å². The molecule has 0 spiro atoms. The summed E-state index contributed by atoms with van der Waals surface area (Å²) >= 11 is 0. The number of fused-ring (bicyclic) bond motifs is 1. The number of nitrogens with one attached hydrogen (secondary N) is 1. The first-order valence-corrected chi connectivity index (χ1v) is 6.78. The van der Waals surface area contributed by atoms with Crippen LogP contribution in [0.15, 0.2) is 30.3 Å².